The standard InChI is InChI=1S/C24H27N3O4S/c1-29-20-7-4-17(5-8-20)23-25-19(16-32-23)15-26-10-12-27(13-11-26)24(28)18-6-9-21(30-2)22(14-18)31-3/h4-9,14,16H,10-13,15H2,1-3H3. The van der Waals surface area contributed by atoms with Gasteiger partial charge in [-0.15, -0.1) is 11.3 Å². The third kappa shape index (κ3) is 4.87. The Morgan fingerprint density at radius 1 is 0.938 bits per heavy atom. The van der Waals surface area contributed by atoms with E-state index in [1.807, 2.05) is 29.2 Å². The highest BCUT2D eigenvalue weighted by molar-refractivity contribution is 7.13. The van der Waals surface area contributed by atoms with E-state index in [9.17, 15) is 4.79 Å². The van der Waals surface area contributed by atoms with Crippen molar-refractivity contribution < 1.29 is 19.0 Å². The lowest BCUT2D eigenvalue weighted by Crippen LogP contribution is -2.48. The first-order chi connectivity index (χ1) is 15.6. The lowest BCUT2D eigenvalue weighted by molar-refractivity contribution is 0.0627. The van der Waals surface area contributed by atoms with Crippen molar-refractivity contribution in [3.63, 3.8) is 0 Å². The van der Waals surface area contributed by atoms with Gasteiger partial charge in [0, 0.05) is 49.2 Å². The Balaban J connectivity index is 1.33. The first-order valence-electron chi connectivity index (χ1n) is 10.4. The zero-order valence-electron chi connectivity index (χ0n) is 18.5. The fraction of sp³-hybridized carbons (Fsp3) is 0.333. The SMILES string of the molecule is COc1ccc(-c2nc(CN3CCN(C(=O)c4ccc(OC)c(OC)c4)CC3)cs2)cc1. The van der Waals surface area contributed by atoms with Crippen molar-refractivity contribution >= 4 is 17.2 Å². The number of rotatable bonds is 7. The molecule has 1 aliphatic rings. The van der Waals surface area contributed by atoms with Gasteiger partial charge in [0.25, 0.3) is 5.91 Å². The average molecular weight is 454 g/mol. The zero-order chi connectivity index (χ0) is 22.5. The zero-order valence-corrected chi connectivity index (χ0v) is 19.4. The van der Waals surface area contributed by atoms with Gasteiger partial charge >= 0.3 is 0 Å². The lowest BCUT2D eigenvalue weighted by Gasteiger charge is -2.34. The second kappa shape index (κ2) is 10.0. The molecule has 0 spiro atoms. The van der Waals surface area contributed by atoms with Crippen LogP contribution in [0.1, 0.15) is 16.1 Å². The van der Waals surface area contributed by atoms with Crippen molar-refractivity contribution in [3.8, 4) is 27.8 Å². The number of piperazine rings is 1. The molecule has 0 saturated carbocycles. The number of carbonyl (C=O) groups excluding carboxylic acids is 1. The minimum atomic E-state index is 0.0149. The summed E-state index contributed by atoms with van der Waals surface area (Å²) in [6.07, 6.45) is 0. The quantitative estimate of drug-likeness (QED) is 0.542. The number of hydrogen-bond donors (Lipinski definition) is 0. The Morgan fingerprint density at radius 2 is 1.66 bits per heavy atom. The fourth-order valence-electron chi connectivity index (χ4n) is 3.74. The second-order valence-corrected chi connectivity index (χ2v) is 8.37. The van der Waals surface area contributed by atoms with Crippen LogP contribution in [-0.4, -0.2) is 68.2 Å². The van der Waals surface area contributed by atoms with Gasteiger partial charge in [0.1, 0.15) is 10.8 Å². The first-order valence-corrected chi connectivity index (χ1v) is 11.3. The van der Waals surface area contributed by atoms with E-state index in [4.69, 9.17) is 19.2 Å². The summed E-state index contributed by atoms with van der Waals surface area (Å²) in [7, 11) is 4.82. The Kier molecular flexibility index (Phi) is 6.92. The molecule has 8 heteroatoms. The topological polar surface area (TPSA) is 64.1 Å². The number of carbonyl (C=O) groups is 1. The number of methoxy groups -OCH3 is 3. The van der Waals surface area contributed by atoms with Crippen LogP contribution in [0.3, 0.4) is 0 Å². The van der Waals surface area contributed by atoms with Crippen molar-refractivity contribution in [3.05, 3.63) is 59.1 Å². The van der Waals surface area contributed by atoms with Crippen LogP contribution in [0, 0.1) is 0 Å². The Bertz CT molecular complexity index is 1060. The molecule has 0 radical (unpaired) electrons. The number of amides is 1. The van der Waals surface area contributed by atoms with Gasteiger partial charge in [-0.1, -0.05) is 0 Å². The molecule has 3 aromatic rings. The van der Waals surface area contributed by atoms with E-state index < -0.39 is 0 Å². The molecule has 2 heterocycles. The van der Waals surface area contributed by atoms with Gasteiger partial charge in [-0.05, 0) is 42.5 Å². The molecule has 2 aromatic carbocycles. The molecule has 1 aromatic heterocycles. The van der Waals surface area contributed by atoms with Gasteiger partial charge in [0.2, 0.25) is 0 Å². The van der Waals surface area contributed by atoms with Gasteiger partial charge in [0.05, 0.1) is 27.0 Å². The Hall–Kier alpha value is -3.10. The average Bonchev–Trinajstić information content (AvgIpc) is 3.32. The molecule has 32 heavy (non-hydrogen) atoms. The number of benzene rings is 2. The smallest absolute Gasteiger partial charge is 0.254 e. The summed E-state index contributed by atoms with van der Waals surface area (Å²) in [5, 5.41) is 3.12. The van der Waals surface area contributed by atoms with Crippen molar-refractivity contribution in [1.82, 2.24) is 14.8 Å². The molecule has 1 fully saturated rings. The number of aromatic nitrogens is 1. The van der Waals surface area contributed by atoms with E-state index in [-0.39, 0.29) is 5.91 Å². The van der Waals surface area contributed by atoms with Crippen molar-refractivity contribution in [1.29, 1.82) is 0 Å². The number of hydrogen-bond acceptors (Lipinski definition) is 7. The highest BCUT2D eigenvalue weighted by Crippen LogP contribution is 2.29. The molecule has 168 valence electrons. The summed E-state index contributed by atoms with van der Waals surface area (Å²) in [6.45, 7) is 3.78. The van der Waals surface area contributed by atoms with Gasteiger partial charge in [-0.3, -0.25) is 9.69 Å². The lowest BCUT2D eigenvalue weighted by atomic mass is 10.1. The van der Waals surface area contributed by atoms with Crippen molar-refractivity contribution in [2.24, 2.45) is 0 Å². The van der Waals surface area contributed by atoms with Crippen LogP contribution in [0.25, 0.3) is 10.6 Å². The molecule has 0 aliphatic carbocycles. The van der Waals surface area contributed by atoms with Crippen molar-refractivity contribution in [2.75, 3.05) is 47.5 Å². The first kappa shape index (κ1) is 22.1. The van der Waals surface area contributed by atoms with Gasteiger partial charge in [-0.25, -0.2) is 4.98 Å². The Morgan fingerprint density at radius 3 is 2.31 bits per heavy atom. The van der Waals surface area contributed by atoms with E-state index in [1.54, 1.807) is 50.9 Å². The summed E-state index contributed by atoms with van der Waals surface area (Å²) in [5.74, 6) is 2.03. The third-order valence-corrected chi connectivity index (χ3v) is 6.50. The molecule has 0 bridgehead atoms. The van der Waals surface area contributed by atoms with Gasteiger partial charge < -0.3 is 19.1 Å². The number of ether oxygens (including phenoxy) is 3. The summed E-state index contributed by atoms with van der Waals surface area (Å²) in [4.78, 5) is 22.0. The third-order valence-electron chi connectivity index (χ3n) is 5.56. The van der Waals surface area contributed by atoms with Gasteiger partial charge in [0.15, 0.2) is 11.5 Å². The fourth-order valence-corrected chi connectivity index (χ4v) is 4.55. The van der Waals surface area contributed by atoms with E-state index in [2.05, 4.69) is 10.3 Å². The molecule has 1 aliphatic heterocycles. The van der Waals surface area contributed by atoms with E-state index in [0.717, 1.165) is 41.6 Å². The number of thiazole rings is 1. The van der Waals surface area contributed by atoms with Crippen LogP contribution in [-0.2, 0) is 6.54 Å². The van der Waals surface area contributed by atoms with Crippen LogP contribution in [0.4, 0.5) is 0 Å². The molecule has 7 nitrogen and oxygen atoms in total. The monoisotopic (exact) mass is 453 g/mol. The molecular formula is C24H27N3O4S. The van der Waals surface area contributed by atoms with Crippen LogP contribution < -0.4 is 14.2 Å². The maximum absolute atomic E-state index is 12.9. The van der Waals surface area contributed by atoms with Crippen LogP contribution in [0.2, 0.25) is 0 Å². The van der Waals surface area contributed by atoms with Crippen LogP contribution in [0.5, 0.6) is 17.2 Å². The van der Waals surface area contributed by atoms with Gasteiger partial charge in [-0.2, -0.15) is 0 Å². The molecule has 0 N–H and O–H groups in total. The molecule has 0 atom stereocenters. The maximum atomic E-state index is 12.9. The van der Waals surface area contributed by atoms with Crippen LogP contribution >= 0.6 is 11.3 Å². The highest BCUT2D eigenvalue weighted by Gasteiger charge is 2.23. The molecular weight excluding hydrogens is 426 g/mol. The molecule has 1 amide bonds. The minimum Gasteiger partial charge on any atom is -0.497 e. The minimum absolute atomic E-state index is 0.0149. The van der Waals surface area contributed by atoms with E-state index >= 15 is 0 Å². The summed E-state index contributed by atoms with van der Waals surface area (Å²) in [5.41, 5.74) is 2.76. The van der Waals surface area contributed by atoms with E-state index in [0.29, 0.717) is 30.2 Å². The molecule has 4 rings (SSSR count). The van der Waals surface area contributed by atoms with E-state index in [1.165, 1.54) is 0 Å². The maximum Gasteiger partial charge on any atom is 0.254 e. The molecule has 0 unspecified atom stereocenters. The predicted octanol–water partition coefficient (Wildman–Crippen LogP) is 3.79. The predicted molar refractivity (Wildman–Crippen MR) is 125 cm³/mol. The Labute approximate surface area is 192 Å². The highest BCUT2D eigenvalue weighted by atomic mass is 32.1. The second-order valence-electron chi connectivity index (χ2n) is 7.51. The largest absolute Gasteiger partial charge is 0.497 e. The summed E-state index contributed by atoms with van der Waals surface area (Å²) < 4.78 is 15.8. The number of nitrogens with zero attached hydrogens (tertiary/aromatic N) is 3. The molecule has 1 saturated heterocycles. The van der Waals surface area contributed by atoms with Crippen molar-refractivity contribution in [2.45, 2.75) is 6.54 Å². The normalized spacial score (nSPS) is 14.3. The summed E-state index contributed by atoms with van der Waals surface area (Å²) >= 11 is 1.65. The van der Waals surface area contributed by atoms with Crippen LogP contribution in [0.15, 0.2) is 47.8 Å². The summed E-state index contributed by atoms with van der Waals surface area (Å²) in [6, 6.07) is 13.2.